The fraction of sp³-hybridized carbons (Fsp3) is 0.0455. The molecule has 228 valence electrons. The number of benzene rings is 4. The first-order valence-electron chi connectivity index (χ1n) is 16.7. The molecule has 0 spiro atoms. The first-order valence-corrected chi connectivity index (χ1v) is 16.7. The van der Waals surface area contributed by atoms with E-state index in [0.717, 1.165) is 72.8 Å². The molecule has 0 saturated carbocycles. The summed E-state index contributed by atoms with van der Waals surface area (Å²) >= 11 is 0. The summed E-state index contributed by atoms with van der Waals surface area (Å²) in [6.45, 7) is 0. The highest BCUT2D eigenvalue weighted by atomic mass is 15.1. The summed E-state index contributed by atoms with van der Waals surface area (Å²) in [5.41, 5.74) is 13.2. The largest absolute Gasteiger partial charge is 0.277 e. The van der Waals surface area contributed by atoms with E-state index in [4.69, 9.17) is 19.9 Å². The molecule has 1 unspecified atom stereocenters. The summed E-state index contributed by atoms with van der Waals surface area (Å²) in [6, 6.07) is 36.0. The molecule has 1 atom stereocenters. The zero-order chi connectivity index (χ0) is 32.1. The van der Waals surface area contributed by atoms with Crippen molar-refractivity contribution >= 4 is 49.8 Å². The molecule has 49 heavy (non-hydrogen) atoms. The molecule has 8 aromatic rings. The van der Waals surface area contributed by atoms with Gasteiger partial charge in [0.2, 0.25) is 0 Å². The number of hydrogen-bond acceptors (Lipinski definition) is 4. The summed E-state index contributed by atoms with van der Waals surface area (Å²) in [6.07, 6.45) is 16.4. The zero-order valence-electron chi connectivity index (χ0n) is 26.4. The van der Waals surface area contributed by atoms with Gasteiger partial charge in [-0.3, -0.25) is 4.57 Å². The van der Waals surface area contributed by atoms with Gasteiger partial charge in [0.1, 0.15) is 11.2 Å². The number of fused-ring (bicyclic) bond motifs is 6. The predicted molar refractivity (Wildman–Crippen MR) is 199 cm³/mol. The average molecular weight is 626 g/mol. The summed E-state index contributed by atoms with van der Waals surface area (Å²) < 4.78 is 2.21. The molecule has 4 aromatic carbocycles. The molecule has 3 aliphatic carbocycles. The van der Waals surface area contributed by atoms with Gasteiger partial charge in [0.15, 0.2) is 11.6 Å². The van der Waals surface area contributed by atoms with Crippen molar-refractivity contribution in [3.8, 4) is 28.5 Å². The smallest absolute Gasteiger partial charge is 0.162 e. The van der Waals surface area contributed by atoms with Gasteiger partial charge in [-0.05, 0) is 64.6 Å². The predicted octanol–water partition coefficient (Wildman–Crippen LogP) is 10.1. The minimum Gasteiger partial charge on any atom is -0.277 e. The quantitative estimate of drug-likeness (QED) is 0.183. The van der Waals surface area contributed by atoms with Crippen LogP contribution in [0.3, 0.4) is 0 Å². The third-order valence-electron chi connectivity index (χ3n) is 10.4. The number of aromatic nitrogens is 5. The van der Waals surface area contributed by atoms with Crippen molar-refractivity contribution in [1.29, 1.82) is 0 Å². The summed E-state index contributed by atoms with van der Waals surface area (Å²) in [5.74, 6) is 1.72. The average Bonchev–Trinajstić information content (AvgIpc) is 3.51. The molecular weight excluding hydrogens is 599 g/mol. The van der Waals surface area contributed by atoms with Crippen LogP contribution in [0, 0.1) is 0 Å². The van der Waals surface area contributed by atoms with E-state index in [2.05, 4.69) is 132 Å². The second kappa shape index (κ2) is 10.0. The van der Waals surface area contributed by atoms with Crippen molar-refractivity contribution in [1.82, 2.24) is 24.5 Å². The molecule has 5 heteroatoms. The minimum absolute atomic E-state index is 0.242. The normalized spacial score (nSPS) is 16.0. The van der Waals surface area contributed by atoms with Crippen LogP contribution in [0.25, 0.3) is 78.3 Å². The third-order valence-corrected chi connectivity index (χ3v) is 10.4. The number of rotatable bonds is 3. The van der Waals surface area contributed by atoms with E-state index < -0.39 is 0 Å². The molecule has 0 bridgehead atoms. The Morgan fingerprint density at radius 1 is 0.653 bits per heavy atom. The van der Waals surface area contributed by atoms with Crippen molar-refractivity contribution in [2.24, 2.45) is 0 Å². The van der Waals surface area contributed by atoms with E-state index >= 15 is 0 Å². The zero-order valence-corrected chi connectivity index (χ0v) is 26.4. The molecule has 0 saturated heterocycles. The number of pyridine rings is 2. The van der Waals surface area contributed by atoms with Gasteiger partial charge in [-0.2, -0.15) is 0 Å². The van der Waals surface area contributed by atoms with Crippen LogP contribution in [0.1, 0.15) is 22.6 Å². The maximum absolute atomic E-state index is 5.49. The molecular formula is C44H27N5. The van der Waals surface area contributed by atoms with Crippen LogP contribution in [-0.4, -0.2) is 24.5 Å². The second-order valence-electron chi connectivity index (χ2n) is 13.0. The second-order valence-corrected chi connectivity index (χ2v) is 13.0. The topological polar surface area (TPSA) is 56.5 Å². The SMILES string of the molecule is C1=CC2=CCc3ccc(-c4nc(-n5c6ccccc6c6cccnc65)c5ccc6ccc(-c7ccccc7)nc6c5n4)c4c3C2C(=C1)C=C4. The molecule has 0 N–H and O–H groups in total. The fourth-order valence-corrected chi connectivity index (χ4v) is 8.14. The maximum Gasteiger partial charge on any atom is 0.162 e. The van der Waals surface area contributed by atoms with Crippen LogP contribution in [0.5, 0.6) is 0 Å². The lowest BCUT2D eigenvalue weighted by atomic mass is 9.70. The summed E-state index contributed by atoms with van der Waals surface area (Å²) in [7, 11) is 0. The van der Waals surface area contributed by atoms with Gasteiger partial charge in [-0.1, -0.05) is 109 Å². The molecule has 0 fully saturated rings. The Kier molecular flexibility index (Phi) is 5.44. The highest BCUT2D eigenvalue weighted by Gasteiger charge is 2.32. The van der Waals surface area contributed by atoms with Crippen molar-refractivity contribution in [2.45, 2.75) is 12.3 Å². The van der Waals surface area contributed by atoms with E-state index in [1.54, 1.807) is 0 Å². The number of nitrogens with zero attached hydrogens (tertiary/aromatic N) is 5. The van der Waals surface area contributed by atoms with Crippen molar-refractivity contribution in [3.05, 3.63) is 168 Å². The standard InChI is InChI=1S/C44H27N5/c1-2-8-26(9-3-1)36-24-20-30-19-23-35-41(40(30)46-36)47-42(48-44(35)49-37-14-5-4-12-31(37)34-13-7-25-45-43(34)49)33-22-18-29-16-15-27-10-6-11-28-17-21-32(33)39(29)38(27)28/h1-15,17-25,38H,16H2. The van der Waals surface area contributed by atoms with Gasteiger partial charge in [0.05, 0.1) is 16.7 Å². The lowest BCUT2D eigenvalue weighted by molar-refractivity contribution is 0.892. The Morgan fingerprint density at radius 2 is 1.53 bits per heavy atom. The van der Waals surface area contributed by atoms with E-state index in [1.807, 2.05) is 18.3 Å². The lowest BCUT2D eigenvalue weighted by Gasteiger charge is -2.33. The molecule has 3 aliphatic rings. The van der Waals surface area contributed by atoms with E-state index in [-0.39, 0.29) is 5.92 Å². The molecule has 4 heterocycles. The first kappa shape index (κ1) is 26.6. The Bertz CT molecular complexity index is 2800. The van der Waals surface area contributed by atoms with E-state index in [1.165, 1.54) is 27.8 Å². The molecule has 0 amide bonds. The van der Waals surface area contributed by atoms with Gasteiger partial charge in [-0.15, -0.1) is 0 Å². The summed E-state index contributed by atoms with van der Waals surface area (Å²) in [4.78, 5) is 21.1. The molecule has 11 rings (SSSR count). The van der Waals surface area contributed by atoms with Crippen LogP contribution >= 0.6 is 0 Å². The monoisotopic (exact) mass is 625 g/mol. The van der Waals surface area contributed by atoms with E-state index in [9.17, 15) is 0 Å². The van der Waals surface area contributed by atoms with Crippen LogP contribution in [-0.2, 0) is 6.42 Å². The Hall–Kier alpha value is -6.46. The maximum atomic E-state index is 5.49. The molecule has 0 aliphatic heterocycles. The fourth-order valence-electron chi connectivity index (χ4n) is 8.14. The number of para-hydroxylation sites is 1. The third kappa shape index (κ3) is 3.81. The van der Waals surface area contributed by atoms with Gasteiger partial charge < -0.3 is 0 Å². The van der Waals surface area contributed by atoms with Crippen LogP contribution in [0.15, 0.2) is 151 Å². The lowest BCUT2D eigenvalue weighted by Crippen LogP contribution is -2.18. The Balaban J connectivity index is 1.26. The number of hydrogen-bond donors (Lipinski definition) is 0. The number of allylic oxidation sites excluding steroid dienone is 7. The van der Waals surface area contributed by atoms with Gasteiger partial charge in [0, 0.05) is 44.8 Å². The molecule has 0 radical (unpaired) electrons. The molecule has 4 aromatic heterocycles. The van der Waals surface area contributed by atoms with E-state index in [0.29, 0.717) is 5.82 Å². The minimum atomic E-state index is 0.242. The van der Waals surface area contributed by atoms with Crippen molar-refractivity contribution in [3.63, 3.8) is 0 Å². The van der Waals surface area contributed by atoms with Gasteiger partial charge >= 0.3 is 0 Å². The van der Waals surface area contributed by atoms with Crippen molar-refractivity contribution in [2.75, 3.05) is 0 Å². The Labute approximate surface area is 282 Å². The highest BCUT2D eigenvalue weighted by Crippen LogP contribution is 2.48. The Morgan fingerprint density at radius 3 is 2.49 bits per heavy atom. The van der Waals surface area contributed by atoms with Gasteiger partial charge in [0.25, 0.3) is 0 Å². The highest BCUT2D eigenvalue weighted by molar-refractivity contribution is 6.11. The van der Waals surface area contributed by atoms with Crippen LogP contribution < -0.4 is 0 Å². The van der Waals surface area contributed by atoms with Crippen molar-refractivity contribution < 1.29 is 0 Å². The first-order chi connectivity index (χ1) is 24.3. The molecule has 5 nitrogen and oxygen atoms in total. The van der Waals surface area contributed by atoms with Crippen LogP contribution in [0.2, 0.25) is 0 Å². The van der Waals surface area contributed by atoms with Crippen LogP contribution in [0.4, 0.5) is 0 Å². The summed E-state index contributed by atoms with van der Waals surface area (Å²) in [5, 5.41) is 4.19. The van der Waals surface area contributed by atoms with Gasteiger partial charge in [-0.25, -0.2) is 19.9 Å².